The summed E-state index contributed by atoms with van der Waals surface area (Å²) in [7, 11) is 0. The first kappa shape index (κ1) is 25.7. The predicted molar refractivity (Wildman–Crippen MR) is 141 cm³/mol. The Balaban J connectivity index is 1.37. The number of carbonyl (C=O) groups excluding carboxylic acids is 1. The Labute approximate surface area is 205 Å². The van der Waals surface area contributed by atoms with Gasteiger partial charge in [0.15, 0.2) is 0 Å². The van der Waals surface area contributed by atoms with Crippen LogP contribution in [0.1, 0.15) is 42.9 Å². The van der Waals surface area contributed by atoms with Gasteiger partial charge in [0.25, 0.3) is 0 Å². The van der Waals surface area contributed by atoms with Crippen LogP contribution in [0.2, 0.25) is 0 Å². The predicted octanol–water partition coefficient (Wildman–Crippen LogP) is 6.12. The second-order valence-corrected chi connectivity index (χ2v) is 8.76. The maximum absolute atomic E-state index is 12.1. The average Bonchev–Trinajstić information content (AvgIpc) is 2.86. The van der Waals surface area contributed by atoms with Crippen LogP contribution < -0.4 is 5.32 Å². The number of carbonyl (C=O) groups is 1. The van der Waals surface area contributed by atoms with E-state index in [0.29, 0.717) is 6.61 Å². The minimum Gasteiger partial charge on any atom is -0.367 e. The molecule has 3 aromatic carbocycles. The summed E-state index contributed by atoms with van der Waals surface area (Å²) >= 11 is 0. The minimum atomic E-state index is -0.134. The number of nitrogens with one attached hydrogen (secondary N) is 1. The first-order valence-corrected chi connectivity index (χ1v) is 12.5. The minimum absolute atomic E-state index is 0.0480. The molecule has 4 nitrogen and oxygen atoms in total. The summed E-state index contributed by atoms with van der Waals surface area (Å²) in [5, 5.41) is 2.84. The summed E-state index contributed by atoms with van der Waals surface area (Å²) < 4.78 is 5.65. The van der Waals surface area contributed by atoms with E-state index in [9.17, 15) is 4.79 Å². The number of para-hydroxylation sites is 1. The van der Waals surface area contributed by atoms with Crippen molar-refractivity contribution >= 4 is 11.6 Å². The molecule has 0 atom stereocenters. The summed E-state index contributed by atoms with van der Waals surface area (Å²) in [6, 6.07) is 28.7. The van der Waals surface area contributed by atoms with Crippen LogP contribution in [0.5, 0.6) is 0 Å². The topological polar surface area (TPSA) is 41.6 Å². The fourth-order valence-electron chi connectivity index (χ4n) is 4.10. The highest BCUT2D eigenvalue weighted by Crippen LogP contribution is 2.11. The van der Waals surface area contributed by atoms with Crippen molar-refractivity contribution in [3.63, 3.8) is 0 Å². The maximum atomic E-state index is 12.1. The molecule has 3 aromatic rings. The normalized spacial score (nSPS) is 11.0. The fraction of sp³-hybridized carbons (Fsp3) is 0.367. The summed E-state index contributed by atoms with van der Waals surface area (Å²) in [6.45, 7) is 6.11. The molecule has 0 bridgehead atoms. The molecule has 34 heavy (non-hydrogen) atoms. The second kappa shape index (κ2) is 15.0. The van der Waals surface area contributed by atoms with Crippen molar-refractivity contribution in [2.45, 2.75) is 45.6 Å². The van der Waals surface area contributed by atoms with Crippen molar-refractivity contribution in [1.82, 2.24) is 4.90 Å². The molecule has 1 amide bonds. The number of unbranched alkanes of at least 4 members (excludes halogenated alkanes) is 1. The van der Waals surface area contributed by atoms with Crippen molar-refractivity contribution in [3.8, 4) is 0 Å². The van der Waals surface area contributed by atoms with Gasteiger partial charge in [-0.2, -0.15) is 0 Å². The molecule has 0 fully saturated rings. The van der Waals surface area contributed by atoms with Gasteiger partial charge in [-0.1, -0.05) is 79.7 Å². The van der Waals surface area contributed by atoms with E-state index in [4.69, 9.17) is 4.74 Å². The molecular formula is C30H38N2O2. The smallest absolute Gasteiger partial charge is 0.250 e. The second-order valence-electron chi connectivity index (χ2n) is 8.76. The molecule has 0 heterocycles. The van der Waals surface area contributed by atoms with E-state index in [1.54, 1.807) is 0 Å². The van der Waals surface area contributed by atoms with Crippen LogP contribution in [0.4, 0.5) is 5.69 Å². The molecular weight excluding hydrogens is 420 g/mol. The van der Waals surface area contributed by atoms with Crippen LogP contribution in [0.3, 0.4) is 0 Å². The van der Waals surface area contributed by atoms with E-state index < -0.39 is 0 Å². The number of hydrogen-bond acceptors (Lipinski definition) is 3. The van der Waals surface area contributed by atoms with Crippen molar-refractivity contribution in [2.75, 3.05) is 31.6 Å². The van der Waals surface area contributed by atoms with E-state index in [1.807, 2.05) is 30.3 Å². The number of hydrogen-bond donors (Lipinski definition) is 1. The van der Waals surface area contributed by atoms with E-state index in [-0.39, 0.29) is 12.5 Å². The Morgan fingerprint density at radius 2 is 1.47 bits per heavy atom. The Morgan fingerprint density at radius 1 is 0.765 bits per heavy atom. The van der Waals surface area contributed by atoms with Crippen LogP contribution in [-0.4, -0.2) is 37.0 Å². The van der Waals surface area contributed by atoms with Crippen LogP contribution in [0, 0.1) is 0 Å². The van der Waals surface area contributed by atoms with Gasteiger partial charge in [0, 0.05) is 12.2 Å². The van der Waals surface area contributed by atoms with Gasteiger partial charge in [-0.05, 0) is 74.0 Å². The standard InChI is InChI=1S/C30H38N2O2/c1-2-20-32(21-10-9-14-26-12-5-3-6-13-26)22-19-27-15-11-16-28(23-27)24-34-25-30(33)31-29-17-7-4-8-18-29/h3-8,11-13,15-18,23H,2,9-10,14,19-22,24-25H2,1H3,(H,31,33). The summed E-state index contributed by atoms with van der Waals surface area (Å²) in [5.74, 6) is -0.134. The first-order valence-electron chi connectivity index (χ1n) is 12.5. The third kappa shape index (κ3) is 9.90. The van der Waals surface area contributed by atoms with E-state index in [2.05, 4.69) is 71.7 Å². The molecule has 0 spiro atoms. The van der Waals surface area contributed by atoms with E-state index in [0.717, 1.165) is 43.7 Å². The van der Waals surface area contributed by atoms with Gasteiger partial charge in [0.05, 0.1) is 6.61 Å². The molecule has 0 aliphatic heterocycles. The maximum Gasteiger partial charge on any atom is 0.250 e. The Kier molecular flexibility index (Phi) is 11.4. The van der Waals surface area contributed by atoms with E-state index in [1.165, 1.54) is 30.4 Å². The molecule has 0 unspecified atom stereocenters. The third-order valence-electron chi connectivity index (χ3n) is 5.84. The average molecular weight is 459 g/mol. The van der Waals surface area contributed by atoms with Gasteiger partial charge in [0.1, 0.15) is 6.61 Å². The Morgan fingerprint density at radius 3 is 2.24 bits per heavy atom. The number of aryl methyl sites for hydroxylation is 1. The van der Waals surface area contributed by atoms with Crippen LogP contribution in [0.15, 0.2) is 84.9 Å². The Bertz CT molecular complexity index is 960. The molecule has 4 heteroatoms. The zero-order chi connectivity index (χ0) is 23.8. The summed E-state index contributed by atoms with van der Waals surface area (Å²) in [4.78, 5) is 14.6. The lowest BCUT2D eigenvalue weighted by Gasteiger charge is -2.22. The molecule has 1 N–H and O–H groups in total. The quantitative estimate of drug-likeness (QED) is 0.279. The van der Waals surface area contributed by atoms with Crippen molar-refractivity contribution in [2.24, 2.45) is 0 Å². The van der Waals surface area contributed by atoms with Crippen LogP contribution >= 0.6 is 0 Å². The van der Waals surface area contributed by atoms with Crippen molar-refractivity contribution in [1.29, 1.82) is 0 Å². The van der Waals surface area contributed by atoms with Gasteiger partial charge in [-0.25, -0.2) is 0 Å². The van der Waals surface area contributed by atoms with Crippen LogP contribution in [-0.2, 0) is 29.0 Å². The highest BCUT2D eigenvalue weighted by Gasteiger charge is 2.06. The zero-order valence-corrected chi connectivity index (χ0v) is 20.4. The molecule has 0 aliphatic rings. The molecule has 0 saturated heterocycles. The lowest BCUT2D eigenvalue weighted by molar-refractivity contribution is -0.121. The van der Waals surface area contributed by atoms with Crippen molar-refractivity contribution < 1.29 is 9.53 Å². The molecule has 0 radical (unpaired) electrons. The Hall–Kier alpha value is -2.95. The van der Waals surface area contributed by atoms with E-state index >= 15 is 0 Å². The number of anilines is 1. The zero-order valence-electron chi connectivity index (χ0n) is 20.4. The first-order chi connectivity index (χ1) is 16.7. The summed E-state index contributed by atoms with van der Waals surface area (Å²) in [5.41, 5.74) is 4.64. The van der Waals surface area contributed by atoms with Crippen molar-refractivity contribution in [3.05, 3.63) is 102 Å². The highest BCUT2D eigenvalue weighted by atomic mass is 16.5. The monoisotopic (exact) mass is 458 g/mol. The SMILES string of the molecule is CCCN(CCCCc1ccccc1)CCc1cccc(COCC(=O)Nc2ccccc2)c1. The molecule has 0 aromatic heterocycles. The number of ether oxygens (including phenoxy) is 1. The summed E-state index contributed by atoms with van der Waals surface area (Å²) in [6.07, 6.45) is 5.83. The molecule has 180 valence electrons. The third-order valence-corrected chi connectivity index (χ3v) is 5.84. The van der Waals surface area contributed by atoms with Gasteiger partial charge in [0.2, 0.25) is 5.91 Å². The highest BCUT2D eigenvalue weighted by molar-refractivity contribution is 5.91. The largest absolute Gasteiger partial charge is 0.367 e. The lowest BCUT2D eigenvalue weighted by Crippen LogP contribution is -2.28. The number of amides is 1. The fourth-order valence-corrected chi connectivity index (χ4v) is 4.10. The van der Waals surface area contributed by atoms with Gasteiger partial charge >= 0.3 is 0 Å². The number of benzene rings is 3. The van der Waals surface area contributed by atoms with Crippen LogP contribution in [0.25, 0.3) is 0 Å². The number of nitrogens with zero attached hydrogens (tertiary/aromatic N) is 1. The van der Waals surface area contributed by atoms with Gasteiger partial charge < -0.3 is 15.0 Å². The van der Waals surface area contributed by atoms with Gasteiger partial charge in [-0.15, -0.1) is 0 Å². The lowest BCUT2D eigenvalue weighted by atomic mass is 10.1. The molecule has 0 saturated carbocycles. The molecule has 0 aliphatic carbocycles. The number of rotatable bonds is 15. The molecule has 3 rings (SSSR count). The van der Waals surface area contributed by atoms with Gasteiger partial charge in [-0.3, -0.25) is 4.79 Å².